The Balaban J connectivity index is 0.00000242. The van der Waals surface area contributed by atoms with Crippen molar-refractivity contribution in [1.82, 2.24) is 9.55 Å². The highest BCUT2D eigenvalue weighted by Gasteiger charge is 2.01. The molecule has 0 aliphatic rings. The number of ether oxygens (including phenoxy) is 2. The first-order valence-electron chi connectivity index (χ1n) is 7.18. The van der Waals surface area contributed by atoms with E-state index < -0.39 is 0 Å². The molecule has 0 fully saturated rings. The van der Waals surface area contributed by atoms with Gasteiger partial charge in [0.05, 0.1) is 20.5 Å². The molecular formula is C17H23ClN2O2. The van der Waals surface area contributed by atoms with E-state index in [0.717, 1.165) is 42.9 Å². The molecule has 0 saturated heterocycles. The zero-order chi connectivity index (χ0) is 14.9. The van der Waals surface area contributed by atoms with Crippen LogP contribution in [-0.4, -0.2) is 23.8 Å². The van der Waals surface area contributed by atoms with Gasteiger partial charge in [-0.2, -0.15) is 0 Å². The Hall–Kier alpha value is -1.94. The van der Waals surface area contributed by atoms with Gasteiger partial charge in [-0.1, -0.05) is 12.2 Å². The van der Waals surface area contributed by atoms with Gasteiger partial charge in [-0.25, -0.2) is 4.98 Å². The van der Waals surface area contributed by atoms with Gasteiger partial charge in [0, 0.05) is 30.6 Å². The van der Waals surface area contributed by atoms with Crippen LogP contribution in [0.4, 0.5) is 0 Å². The van der Waals surface area contributed by atoms with Gasteiger partial charge in [0.15, 0.2) is 0 Å². The topological polar surface area (TPSA) is 36.3 Å². The molecule has 0 spiro atoms. The molecule has 5 heteroatoms. The molecule has 0 bridgehead atoms. The lowest BCUT2D eigenvalue weighted by molar-refractivity contribution is 0.393. The second kappa shape index (κ2) is 9.90. The second-order valence-electron chi connectivity index (χ2n) is 4.81. The third-order valence-electron chi connectivity index (χ3n) is 3.33. The standard InChI is InChI=1S/C17H22N2O2.ClH/c1-20-16-9-8-15(17(13-16)21-2)7-5-3-4-6-11-19-12-10-18-14-19;/h5,7-10,12-14H,3-4,6,11H2,1-2H3;1H/b7-5+;. The SMILES string of the molecule is COc1ccc(/C=C/CCCCn2ccnc2)c(OC)c1.Cl. The summed E-state index contributed by atoms with van der Waals surface area (Å²) in [7, 11) is 3.34. The van der Waals surface area contributed by atoms with Crippen LogP contribution in [0.5, 0.6) is 11.5 Å². The lowest BCUT2D eigenvalue weighted by Gasteiger charge is -2.07. The molecule has 2 aromatic rings. The number of allylic oxidation sites excluding steroid dienone is 1. The van der Waals surface area contributed by atoms with E-state index in [2.05, 4.69) is 21.7 Å². The average Bonchev–Trinajstić information content (AvgIpc) is 3.04. The van der Waals surface area contributed by atoms with Gasteiger partial charge in [-0.15, -0.1) is 12.4 Å². The van der Waals surface area contributed by atoms with Gasteiger partial charge < -0.3 is 14.0 Å². The molecule has 0 N–H and O–H groups in total. The minimum atomic E-state index is 0. The summed E-state index contributed by atoms with van der Waals surface area (Å²) >= 11 is 0. The fourth-order valence-electron chi connectivity index (χ4n) is 2.14. The molecule has 0 aliphatic carbocycles. The number of methoxy groups -OCH3 is 2. The van der Waals surface area contributed by atoms with E-state index in [1.807, 2.05) is 36.9 Å². The highest BCUT2D eigenvalue weighted by Crippen LogP contribution is 2.25. The fraction of sp³-hybridized carbons (Fsp3) is 0.353. The minimum Gasteiger partial charge on any atom is -0.497 e. The van der Waals surface area contributed by atoms with Crippen LogP contribution in [-0.2, 0) is 6.54 Å². The number of halogens is 1. The molecule has 0 radical (unpaired) electrons. The van der Waals surface area contributed by atoms with Crippen molar-refractivity contribution in [3.8, 4) is 11.5 Å². The molecule has 1 aromatic carbocycles. The van der Waals surface area contributed by atoms with Crippen molar-refractivity contribution in [1.29, 1.82) is 0 Å². The van der Waals surface area contributed by atoms with Crippen LogP contribution < -0.4 is 9.47 Å². The molecule has 0 unspecified atom stereocenters. The van der Waals surface area contributed by atoms with Crippen molar-refractivity contribution in [3.05, 3.63) is 48.6 Å². The smallest absolute Gasteiger partial charge is 0.129 e. The monoisotopic (exact) mass is 322 g/mol. The molecule has 0 aliphatic heterocycles. The summed E-state index contributed by atoms with van der Waals surface area (Å²) < 4.78 is 12.7. The number of benzene rings is 1. The zero-order valence-corrected chi connectivity index (χ0v) is 13.9. The van der Waals surface area contributed by atoms with E-state index in [1.165, 1.54) is 0 Å². The van der Waals surface area contributed by atoms with Crippen LogP contribution >= 0.6 is 12.4 Å². The van der Waals surface area contributed by atoms with Crippen LogP contribution in [0.3, 0.4) is 0 Å². The number of nitrogens with zero attached hydrogens (tertiary/aromatic N) is 2. The number of unbranched alkanes of at least 4 members (excludes halogenated alkanes) is 2. The highest BCUT2D eigenvalue weighted by molar-refractivity contribution is 5.85. The maximum absolute atomic E-state index is 5.37. The Morgan fingerprint density at radius 1 is 1.18 bits per heavy atom. The van der Waals surface area contributed by atoms with Gasteiger partial charge in [0.1, 0.15) is 11.5 Å². The van der Waals surface area contributed by atoms with E-state index in [0.29, 0.717) is 0 Å². The van der Waals surface area contributed by atoms with Crippen LogP contribution in [0.15, 0.2) is 43.0 Å². The molecule has 120 valence electrons. The highest BCUT2D eigenvalue weighted by atomic mass is 35.5. The summed E-state index contributed by atoms with van der Waals surface area (Å²) in [5.74, 6) is 1.65. The van der Waals surface area contributed by atoms with Crippen LogP contribution in [0.25, 0.3) is 6.08 Å². The Morgan fingerprint density at radius 3 is 2.73 bits per heavy atom. The largest absolute Gasteiger partial charge is 0.497 e. The van der Waals surface area contributed by atoms with E-state index >= 15 is 0 Å². The number of imidazole rings is 1. The third-order valence-corrected chi connectivity index (χ3v) is 3.33. The maximum atomic E-state index is 5.37. The molecule has 2 rings (SSSR count). The van der Waals surface area contributed by atoms with E-state index in [4.69, 9.17) is 9.47 Å². The predicted molar refractivity (Wildman–Crippen MR) is 91.9 cm³/mol. The lowest BCUT2D eigenvalue weighted by Crippen LogP contribution is -1.93. The summed E-state index contributed by atoms with van der Waals surface area (Å²) in [5, 5.41) is 0. The number of hydrogen-bond acceptors (Lipinski definition) is 3. The van der Waals surface area contributed by atoms with E-state index in [1.54, 1.807) is 14.2 Å². The molecular weight excluding hydrogens is 300 g/mol. The number of aromatic nitrogens is 2. The Kier molecular flexibility index (Phi) is 8.15. The molecule has 1 aromatic heterocycles. The van der Waals surface area contributed by atoms with Gasteiger partial charge in [0.25, 0.3) is 0 Å². The Bertz CT molecular complexity index is 568. The van der Waals surface area contributed by atoms with E-state index in [9.17, 15) is 0 Å². The van der Waals surface area contributed by atoms with Crippen molar-refractivity contribution in [2.75, 3.05) is 14.2 Å². The van der Waals surface area contributed by atoms with Crippen LogP contribution in [0.1, 0.15) is 24.8 Å². The Morgan fingerprint density at radius 2 is 2.05 bits per heavy atom. The quantitative estimate of drug-likeness (QED) is 0.683. The summed E-state index contributed by atoms with van der Waals surface area (Å²) in [6.45, 7) is 1.03. The zero-order valence-electron chi connectivity index (χ0n) is 13.1. The first-order valence-corrected chi connectivity index (χ1v) is 7.18. The van der Waals surface area contributed by atoms with Crippen molar-refractivity contribution >= 4 is 18.5 Å². The number of rotatable bonds is 8. The minimum absolute atomic E-state index is 0. The molecule has 4 nitrogen and oxygen atoms in total. The normalized spacial score (nSPS) is 10.5. The number of hydrogen-bond donors (Lipinski definition) is 0. The average molecular weight is 323 g/mol. The lowest BCUT2D eigenvalue weighted by atomic mass is 10.1. The van der Waals surface area contributed by atoms with Crippen molar-refractivity contribution in [2.24, 2.45) is 0 Å². The number of aryl methyl sites for hydroxylation is 1. The van der Waals surface area contributed by atoms with Gasteiger partial charge in [-0.3, -0.25) is 0 Å². The van der Waals surface area contributed by atoms with Gasteiger partial charge in [-0.05, 0) is 31.4 Å². The summed E-state index contributed by atoms with van der Waals surface area (Å²) in [6.07, 6.45) is 13.3. The van der Waals surface area contributed by atoms with Gasteiger partial charge in [0.2, 0.25) is 0 Å². The molecule has 22 heavy (non-hydrogen) atoms. The van der Waals surface area contributed by atoms with Crippen molar-refractivity contribution in [2.45, 2.75) is 25.8 Å². The third kappa shape index (κ3) is 5.45. The van der Waals surface area contributed by atoms with Crippen LogP contribution in [0.2, 0.25) is 0 Å². The van der Waals surface area contributed by atoms with Crippen molar-refractivity contribution in [3.63, 3.8) is 0 Å². The first kappa shape index (κ1) is 18.1. The van der Waals surface area contributed by atoms with Crippen LogP contribution in [0, 0.1) is 0 Å². The fourth-order valence-corrected chi connectivity index (χ4v) is 2.14. The molecule has 0 amide bonds. The molecule has 1 heterocycles. The first-order chi connectivity index (χ1) is 10.3. The van der Waals surface area contributed by atoms with E-state index in [-0.39, 0.29) is 12.4 Å². The molecule has 0 saturated carbocycles. The predicted octanol–water partition coefficient (Wildman–Crippen LogP) is 4.21. The van der Waals surface area contributed by atoms with Crippen molar-refractivity contribution < 1.29 is 9.47 Å². The van der Waals surface area contributed by atoms with Gasteiger partial charge >= 0.3 is 0 Å². The Labute approximate surface area is 138 Å². The maximum Gasteiger partial charge on any atom is 0.129 e. The molecule has 0 atom stereocenters. The summed E-state index contributed by atoms with van der Waals surface area (Å²) in [4.78, 5) is 4.03. The summed E-state index contributed by atoms with van der Waals surface area (Å²) in [5.41, 5.74) is 1.08. The second-order valence-corrected chi connectivity index (χ2v) is 4.81. The summed E-state index contributed by atoms with van der Waals surface area (Å²) in [6, 6.07) is 5.86.